The smallest absolute Gasteiger partial charge is 0.223 e. The fraction of sp³-hybridized carbons (Fsp3) is 0.929. The Bertz CT molecular complexity index is 214. The molecule has 1 amide bonds. The molecule has 0 saturated heterocycles. The molecule has 0 aliphatic carbocycles. The maximum absolute atomic E-state index is 12.2. The number of carbonyl (C=O) groups excluding carboxylic acids is 1. The Kier molecular flexibility index (Phi) is 8.23. The van der Waals surface area contributed by atoms with Gasteiger partial charge in [-0.2, -0.15) is 0 Å². The first-order valence-corrected chi connectivity index (χ1v) is 6.91. The van der Waals surface area contributed by atoms with Crippen molar-refractivity contribution in [3.63, 3.8) is 0 Å². The second kappa shape index (κ2) is 8.51. The van der Waals surface area contributed by atoms with E-state index in [2.05, 4.69) is 34.6 Å². The molecule has 0 rings (SSSR count). The number of nitrogens with zero attached hydrogens (tertiary/aromatic N) is 1. The van der Waals surface area contributed by atoms with Crippen LogP contribution in [0, 0.1) is 11.8 Å². The maximum Gasteiger partial charge on any atom is 0.223 e. The van der Waals surface area contributed by atoms with Crippen molar-refractivity contribution >= 4 is 5.91 Å². The number of amides is 1. The number of carbonyl (C=O) groups is 1. The lowest BCUT2D eigenvalue weighted by atomic mass is 9.93. The molecule has 17 heavy (non-hydrogen) atoms. The van der Waals surface area contributed by atoms with Gasteiger partial charge >= 0.3 is 0 Å². The van der Waals surface area contributed by atoms with Crippen molar-refractivity contribution in [2.24, 2.45) is 17.6 Å². The zero-order chi connectivity index (χ0) is 13.4. The molecule has 3 heteroatoms. The van der Waals surface area contributed by atoms with Crippen molar-refractivity contribution in [1.29, 1.82) is 0 Å². The predicted octanol–water partition coefficient (Wildman–Crippen LogP) is 2.64. The molecule has 0 saturated carbocycles. The standard InChI is InChI=1S/C14H30N2O/c1-6-7-16(12(4)5)14(17)9-13(10-15)8-11(2)3/h11-13H,6-10,15H2,1-5H3/t13-/m0/s1. The van der Waals surface area contributed by atoms with Crippen LogP contribution in [0.25, 0.3) is 0 Å². The van der Waals surface area contributed by atoms with E-state index in [9.17, 15) is 4.79 Å². The van der Waals surface area contributed by atoms with Crippen LogP contribution in [0.1, 0.15) is 53.9 Å². The van der Waals surface area contributed by atoms with Crippen LogP contribution in [0.15, 0.2) is 0 Å². The van der Waals surface area contributed by atoms with Crippen molar-refractivity contribution in [2.75, 3.05) is 13.1 Å². The van der Waals surface area contributed by atoms with Gasteiger partial charge in [0.2, 0.25) is 5.91 Å². The summed E-state index contributed by atoms with van der Waals surface area (Å²) in [6.45, 7) is 12.1. The van der Waals surface area contributed by atoms with Crippen LogP contribution < -0.4 is 5.73 Å². The molecule has 0 heterocycles. The van der Waals surface area contributed by atoms with Gasteiger partial charge in [0.15, 0.2) is 0 Å². The Morgan fingerprint density at radius 2 is 1.82 bits per heavy atom. The molecular formula is C14H30N2O. The van der Waals surface area contributed by atoms with Gasteiger partial charge in [0.05, 0.1) is 0 Å². The summed E-state index contributed by atoms with van der Waals surface area (Å²) in [5, 5.41) is 0. The lowest BCUT2D eigenvalue weighted by molar-refractivity contribution is -0.134. The van der Waals surface area contributed by atoms with E-state index in [0.717, 1.165) is 19.4 Å². The Balaban J connectivity index is 4.35. The summed E-state index contributed by atoms with van der Waals surface area (Å²) in [5.74, 6) is 1.20. The monoisotopic (exact) mass is 242 g/mol. The average molecular weight is 242 g/mol. The molecule has 0 fully saturated rings. The highest BCUT2D eigenvalue weighted by Gasteiger charge is 2.20. The lowest BCUT2D eigenvalue weighted by Crippen LogP contribution is -2.39. The molecule has 1 atom stereocenters. The van der Waals surface area contributed by atoms with Crippen LogP contribution in [-0.2, 0) is 4.79 Å². The molecule has 0 aliphatic rings. The summed E-state index contributed by atoms with van der Waals surface area (Å²) >= 11 is 0. The molecule has 0 radical (unpaired) electrons. The largest absolute Gasteiger partial charge is 0.340 e. The molecule has 0 unspecified atom stereocenters. The highest BCUT2D eigenvalue weighted by Crippen LogP contribution is 2.16. The molecule has 3 nitrogen and oxygen atoms in total. The van der Waals surface area contributed by atoms with Crippen molar-refractivity contribution in [3.05, 3.63) is 0 Å². The first-order chi connectivity index (χ1) is 7.92. The van der Waals surface area contributed by atoms with Gasteiger partial charge in [-0.05, 0) is 45.1 Å². The molecular weight excluding hydrogens is 212 g/mol. The van der Waals surface area contributed by atoms with E-state index >= 15 is 0 Å². The third-order valence-electron chi connectivity index (χ3n) is 3.01. The summed E-state index contributed by atoms with van der Waals surface area (Å²) in [7, 11) is 0. The van der Waals surface area contributed by atoms with Gasteiger partial charge in [0.25, 0.3) is 0 Å². The molecule has 0 aromatic heterocycles. The quantitative estimate of drug-likeness (QED) is 0.711. The molecule has 0 aliphatic heterocycles. The van der Waals surface area contributed by atoms with Crippen molar-refractivity contribution in [3.8, 4) is 0 Å². The molecule has 0 bridgehead atoms. The molecule has 0 spiro atoms. The Hall–Kier alpha value is -0.570. The van der Waals surface area contributed by atoms with Gasteiger partial charge < -0.3 is 10.6 Å². The third-order valence-corrected chi connectivity index (χ3v) is 3.01. The zero-order valence-corrected chi connectivity index (χ0v) is 12.2. The molecule has 102 valence electrons. The highest BCUT2D eigenvalue weighted by molar-refractivity contribution is 5.76. The van der Waals surface area contributed by atoms with Gasteiger partial charge in [0.1, 0.15) is 0 Å². The van der Waals surface area contributed by atoms with Gasteiger partial charge in [-0.1, -0.05) is 20.8 Å². The van der Waals surface area contributed by atoms with Crippen LogP contribution in [0.4, 0.5) is 0 Å². The minimum absolute atomic E-state index is 0.262. The summed E-state index contributed by atoms with van der Waals surface area (Å²) < 4.78 is 0. The van der Waals surface area contributed by atoms with Crippen LogP contribution in [0.2, 0.25) is 0 Å². The number of hydrogen-bond acceptors (Lipinski definition) is 2. The SMILES string of the molecule is CCCN(C(=O)C[C@@H](CN)CC(C)C)C(C)C. The fourth-order valence-electron chi connectivity index (χ4n) is 2.21. The van der Waals surface area contributed by atoms with E-state index in [1.54, 1.807) is 0 Å². The summed E-state index contributed by atoms with van der Waals surface area (Å²) in [6, 6.07) is 0.292. The van der Waals surface area contributed by atoms with Gasteiger partial charge in [-0.25, -0.2) is 0 Å². The van der Waals surface area contributed by atoms with E-state index < -0.39 is 0 Å². The van der Waals surface area contributed by atoms with E-state index in [-0.39, 0.29) is 5.91 Å². The average Bonchev–Trinajstić information content (AvgIpc) is 2.23. The molecule has 2 N–H and O–H groups in total. The highest BCUT2D eigenvalue weighted by atomic mass is 16.2. The predicted molar refractivity (Wildman–Crippen MR) is 73.8 cm³/mol. The Morgan fingerprint density at radius 3 is 2.18 bits per heavy atom. The number of hydrogen-bond donors (Lipinski definition) is 1. The Morgan fingerprint density at radius 1 is 1.24 bits per heavy atom. The first kappa shape index (κ1) is 16.4. The van der Waals surface area contributed by atoms with Crippen LogP contribution >= 0.6 is 0 Å². The van der Waals surface area contributed by atoms with E-state index in [1.807, 2.05) is 4.90 Å². The number of nitrogens with two attached hydrogens (primary N) is 1. The fourth-order valence-corrected chi connectivity index (χ4v) is 2.21. The summed E-state index contributed by atoms with van der Waals surface area (Å²) in [6.07, 6.45) is 2.66. The van der Waals surface area contributed by atoms with Gasteiger partial charge in [0, 0.05) is 19.0 Å². The second-order valence-electron chi connectivity index (χ2n) is 5.62. The number of rotatable bonds is 8. The topological polar surface area (TPSA) is 46.3 Å². The minimum atomic E-state index is 0.262. The van der Waals surface area contributed by atoms with Crippen molar-refractivity contribution in [2.45, 2.75) is 59.9 Å². The third kappa shape index (κ3) is 6.67. The summed E-state index contributed by atoms with van der Waals surface area (Å²) in [5.41, 5.74) is 5.75. The first-order valence-electron chi connectivity index (χ1n) is 6.91. The second-order valence-corrected chi connectivity index (χ2v) is 5.62. The minimum Gasteiger partial charge on any atom is -0.340 e. The lowest BCUT2D eigenvalue weighted by Gasteiger charge is -2.28. The van der Waals surface area contributed by atoms with E-state index in [4.69, 9.17) is 5.73 Å². The maximum atomic E-state index is 12.2. The molecule has 0 aromatic carbocycles. The van der Waals surface area contributed by atoms with Crippen molar-refractivity contribution in [1.82, 2.24) is 4.90 Å². The van der Waals surface area contributed by atoms with Gasteiger partial charge in [-0.3, -0.25) is 4.79 Å². The normalized spacial score (nSPS) is 13.2. The van der Waals surface area contributed by atoms with Crippen LogP contribution in [-0.4, -0.2) is 29.9 Å². The Labute approximate surface area is 107 Å². The molecule has 0 aromatic rings. The zero-order valence-electron chi connectivity index (χ0n) is 12.2. The van der Waals surface area contributed by atoms with Crippen LogP contribution in [0.5, 0.6) is 0 Å². The van der Waals surface area contributed by atoms with E-state index in [1.165, 1.54) is 0 Å². The summed E-state index contributed by atoms with van der Waals surface area (Å²) in [4.78, 5) is 14.2. The van der Waals surface area contributed by atoms with Gasteiger partial charge in [-0.15, -0.1) is 0 Å². The van der Waals surface area contributed by atoms with E-state index in [0.29, 0.717) is 30.8 Å². The van der Waals surface area contributed by atoms with Crippen molar-refractivity contribution < 1.29 is 4.79 Å². The van der Waals surface area contributed by atoms with Crippen LogP contribution in [0.3, 0.4) is 0 Å².